The molecule has 0 radical (unpaired) electrons. The summed E-state index contributed by atoms with van der Waals surface area (Å²) in [6, 6.07) is 0.441. The molecule has 0 aromatic heterocycles. The SMILES string of the molecule is CC(C)C1CCCC(=O)N1C(C)(C)C. The van der Waals surface area contributed by atoms with E-state index in [1.165, 1.54) is 6.42 Å². The zero-order valence-electron chi connectivity index (χ0n) is 10.1. The third kappa shape index (κ3) is 2.28. The molecule has 0 N–H and O–H groups in total. The van der Waals surface area contributed by atoms with Crippen LogP contribution in [0.15, 0.2) is 0 Å². The van der Waals surface area contributed by atoms with Crippen LogP contribution in [0.3, 0.4) is 0 Å². The fraction of sp³-hybridized carbons (Fsp3) is 0.917. The maximum absolute atomic E-state index is 11.9. The van der Waals surface area contributed by atoms with Crippen molar-refractivity contribution in [1.82, 2.24) is 4.90 Å². The Balaban J connectivity index is 2.87. The Bertz CT molecular complexity index is 215. The van der Waals surface area contributed by atoms with Gasteiger partial charge in [-0.1, -0.05) is 13.8 Å². The van der Waals surface area contributed by atoms with Crippen molar-refractivity contribution in [3.8, 4) is 0 Å². The summed E-state index contributed by atoms with van der Waals surface area (Å²) in [6.45, 7) is 10.8. The molecular weight excluding hydrogens is 174 g/mol. The van der Waals surface area contributed by atoms with Gasteiger partial charge in [-0.2, -0.15) is 0 Å². The number of carbonyl (C=O) groups excluding carboxylic acids is 1. The highest BCUT2D eigenvalue weighted by atomic mass is 16.2. The molecule has 82 valence electrons. The molecule has 1 aliphatic heterocycles. The van der Waals surface area contributed by atoms with Crippen LogP contribution in [-0.4, -0.2) is 22.4 Å². The van der Waals surface area contributed by atoms with Gasteiger partial charge in [-0.15, -0.1) is 0 Å². The quantitative estimate of drug-likeness (QED) is 0.633. The van der Waals surface area contributed by atoms with Crippen LogP contribution in [0.25, 0.3) is 0 Å². The Labute approximate surface area is 87.7 Å². The van der Waals surface area contributed by atoms with Crippen LogP contribution in [0, 0.1) is 5.92 Å². The van der Waals surface area contributed by atoms with Crippen LogP contribution in [0.2, 0.25) is 0 Å². The maximum Gasteiger partial charge on any atom is 0.223 e. The Morgan fingerprint density at radius 3 is 2.29 bits per heavy atom. The third-order valence-electron chi connectivity index (χ3n) is 2.98. The van der Waals surface area contributed by atoms with E-state index in [9.17, 15) is 4.79 Å². The van der Waals surface area contributed by atoms with Gasteiger partial charge in [0.05, 0.1) is 0 Å². The fourth-order valence-corrected chi connectivity index (χ4v) is 2.40. The molecule has 1 rings (SSSR count). The van der Waals surface area contributed by atoms with E-state index >= 15 is 0 Å². The van der Waals surface area contributed by atoms with Crippen molar-refractivity contribution in [2.24, 2.45) is 5.92 Å². The van der Waals surface area contributed by atoms with E-state index in [0.29, 0.717) is 17.9 Å². The van der Waals surface area contributed by atoms with Crippen LogP contribution in [0.4, 0.5) is 0 Å². The highest BCUT2D eigenvalue weighted by Gasteiger charge is 2.36. The lowest BCUT2D eigenvalue weighted by Crippen LogP contribution is -2.55. The monoisotopic (exact) mass is 197 g/mol. The Kier molecular flexibility index (Phi) is 3.23. The second kappa shape index (κ2) is 3.92. The maximum atomic E-state index is 11.9. The minimum atomic E-state index is -0.0214. The second-order valence-corrected chi connectivity index (χ2v) is 5.64. The van der Waals surface area contributed by atoms with Crippen LogP contribution >= 0.6 is 0 Å². The molecule has 2 heteroatoms. The molecule has 1 unspecified atom stereocenters. The number of amides is 1. The standard InChI is InChI=1S/C12H23NO/c1-9(2)10-7-6-8-11(14)13(10)12(3,4)5/h9-10H,6-8H2,1-5H3. The molecule has 2 nitrogen and oxygen atoms in total. The summed E-state index contributed by atoms with van der Waals surface area (Å²) in [7, 11) is 0. The molecule has 1 heterocycles. The van der Waals surface area contributed by atoms with E-state index in [0.717, 1.165) is 12.8 Å². The lowest BCUT2D eigenvalue weighted by molar-refractivity contribution is -0.144. The normalized spacial score (nSPS) is 24.6. The van der Waals surface area contributed by atoms with Crippen molar-refractivity contribution in [1.29, 1.82) is 0 Å². The second-order valence-electron chi connectivity index (χ2n) is 5.64. The Morgan fingerprint density at radius 2 is 1.93 bits per heavy atom. The van der Waals surface area contributed by atoms with Gasteiger partial charge in [0.25, 0.3) is 0 Å². The first-order valence-electron chi connectivity index (χ1n) is 5.66. The molecular formula is C12H23NO. The molecule has 1 atom stereocenters. The molecule has 1 saturated heterocycles. The molecule has 0 aliphatic carbocycles. The van der Waals surface area contributed by atoms with Gasteiger partial charge in [-0.05, 0) is 39.5 Å². The lowest BCUT2D eigenvalue weighted by Gasteiger charge is -2.46. The van der Waals surface area contributed by atoms with Crippen LogP contribution in [0.5, 0.6) is 0 Å². The van der Waals surface area contributed by atoms with E-state index in [1.54, 1.807) is 0 Å². The summed E-state index contributed by atoms with van der Waals surface area (Å²) in [5.74, 6) is 0.904. The van der Waals surface area contributed by atoms with Gasteiger partial charge in [-0.25, -0.2) is 0 Å². The van der Waals surface area contributed by atoms with E-state index in [1.807, 2.05) is 0 Å². The number of hydrogen-bond donors (Lipinski definition) is 0. The summed E-state index contributed by atoms with van der Waals surface area (Å²) in [6.07, 6.45) is 2.97. The molecule has 1 aliphatic rings. The molecule has 0 spiro atoms. The van der Waals surface area contributed by atoms with E-state index in [-0.39, 0.29) is 5.54 Å². The third-order valence-corrected chi connectivity index (χ3v) is 2.98. The van der Waals surface area contributed by atoms with Crippen LogP contribution in [0.1, 0.15) is 53.9 Å². The summed E-state index contributed by atoms with van der Waals surface area (Å²) >= 11 is 0. The topological polar surface area (TPSA) is 20.3 Å². The first kappa shape index (κ1) is 11.5. The number of nitrogens with zero attached hydrogens (tertiary/aromatic N) is 1. The van der Waals surface area contributed by atoms with Gasteiger partial charge in [0.2, 0.25) is 5.91 Å². The zero-order valence-corrected chi connectivity index (χ0v) is 10.1. The molecule has 0 saturated carbocycles. The van der Waals surface area contributed by atoms with Crippen molar-refractivity contribution >= 4 is 5.91 Å². The fourth-order valence-electron chi connectivity index (χ4n) is 2.40. The average molecular weight is 197 g/mol. The predicted octanol–water partition coefficient (Wildman–Crippen LogP) is 2.82. The molecule has 0 aromatic carbocycles. The van der Waals surface area contributed by atoms with Crippen molar-refractivity contribution in [3.05, 3.63) is 0 Å². The highest BCUT2D eigenvalue weighted by molar-refractivity contribution is 5.78. The first-order valence-corrected chi connectivity index (χ1v) is 5.66. The molecule has 1 fully saturated rings. The predicted molar refractivity (Wildman–Crippen MR) is 59.1 cm³/mol. The number of rotatable bonds is 1. The Hall–Kier alpha value is -0.530. The van der Waals surface area contributed by atoms with Gasteiger partial charge in [0.15, 0.2) is 0 Å². The van der Waals surface area contributed by atoms with Crippen molar-refractivity contribution in [3.63, 3.8) is 0 Å². The average Bonchev–Trinajstić information content (AvgIpc) is 2.01. The molecule has 0 bridgehead atoms. The summed E-state index contributed by atoms with van der Waals surface area (Å²) in [5.41, 5.74) is -0.0214. The molecule has 0 aromatic rings. The van der Waals surface area contributed by atoms with E-state index < -0.39 is 0 Å². The van der Waals surface area contributed by atoms with Gasteiger partial charge in [-0.3, -0.25) is 4.79 Å². The zero-order chi connectivity index (χ0) is 10.9. The summed E-state index contributed by atoms with van der Waals surface area (Å²) in [4.78, 5) is 14.0. The largest absolute Gasteiger partial charge is 0.335 e. The van der Waals surface area contributed by atoms with Crippen LogP contribution < -0.4 is 0 Å². The van der Waals surface area contributed by atoms with Crippen molar-refractivity contribution < 1.29 is 4.79 Å². The Morgan fingerprint density at radius 1 is 1.36 bits per heavy atom. The van der Waals surface area contributed by atoms with Crippen molar-refractivity contribution in [2.45, 2.75) is 65.5 Å². The van der Waals surface area contributed by atoms with E-state index in [2.05, 4.69) is 39.5 Å². The van der Waals surface area contributed by atoms with Crippen LogP contribution in [-0.2, 0) is 4.79 Å². The highest BCUT2D eigenvalue weighted by Crippen LogP contribution is 2.30. The lowest BCUT2D eigenvalue weighted by atomic mass is 9.88. The van der Waals surface area contributed by atoms with Gasteiger partial charge < -0.3 is 4.90 Å². The summed E-state index contributed by atoms with van der Waals surface area (Å²) < 4.78 is 0. The van der Waals surface area contributed by atoms with Gasteiger partial charge >= 0.3 is 0 Å². The van der Waals surface area contributed by atoms with Crippen molar-refractivity contribution in [2.75, 3.05) is 0 Å². The number of hydrogen-bond acceptors (Lipinski definition) is 1. The van der Waals surface area contributed by atoms with E-state index in [4.69, 9.17) is 0 Å². The smallest absolute Gasteiger partial charge is 0.223 e. The first-order chi connectivity index (χ1) is 6.34. The number of carbonyl (C=O) groups is 1. The molecule has 14 heavy (non-hydrogen) atoms. The number of likely N-dealkylation sites (tertiary alicyclic amines) is 1. The molecule has 1 amide bonds. The summed E-state index contributed by atoms with van der Waals surface area (Å²) in [5, 5.41) is 0. The number of piperidine rings is 1. The minimum absolute atomic E-state index is 0.0214. The van der Waals surface area contributed by atoms with Gasteiger partial charge in [0, 0.05) is 18.0 Å². The minimum Gasteiger partial charge on any atom is -0.335 e. The van der Waals surface area contributed by atoms with Gasteiger partial charge in [0.1, 0.15) is 0 Å².